The number of aromatic nitrogens is 1. The molecule has 4 rings (SSSR count). The molecule has 2 aromatic heterocycles. The highest BCUT2D eigenvalue weighted by atomic mass is 16.5. The molecule has 1 aliphatic rings. The molecular formula is C21H21N3O3. The number of fused-ring (bicyclic) bond motifs is 1. The van der Waals surface area contributed by atoms with Gasteiger partial charge in [-0.3, -0.25) is 0 Å². The zero-order valence-electron chi connectivity index (χ0n) is 15.1. The van der Waals surface area contributed by atoms with E-state index in [1.54, 1.807) is 25.3 Å². The van der Waals surface area contributed by atoms with Crippen LogP contribution in [0.1, 0.15) is 0 Å². The average Bonchev–Trinajstić information content (AvgIpc) is 2.73. The molecule has 138 valence electrons. The molecule has 0 spiro atoms. The van der Waals surface area contributed by atoms with Crippen LogP contribution in [-0.4, -0.2) is 37.8 Å². The monoisotopic (exact) mass is 363 g/mol. The Labute approximate surface area is 157 Å². The standard InChI is InChI=1S/C21H21N3O3/c1-3-15-13-24(10-9-22-15)16-8-7-14-11-17(21(25)27-19(14)12-16)18-5-4-6-20(23-18)26-2/h3-8,11-12,15,22H,1,9-10,13H2,2H3. The minimum Gasteiger partial charge on any atom is -0.481 e. The first kappa shape index (κ1) is 17.3. The highest BCUT2D eigenvalue weighted by Crippen LogP contribution is 2.26. The number of anilines is 1. The van der Waals surface area contributed by atoms with Gasteiger partial charge in [0.1, 0.15) is 5.58 Å². The van der Waals surface area contributed by atoms with Crippen LogP contribution >= 0.6 is 0 Å². The molecule has 27 heavy (non-hydrogen) atoms. The maximum Gasteiger partial charge on any atom is 0.345 e. The van der Waals surface area contributed by atoms with Crippen molar-refractivity contribution in [3.8, 4) is 17.1 Å². The number of nitrogens with one attached hydrogen (secondary N) is 1. The van der Waals surface area contributed by atoms with Crippen LogP contribution in [0.2, 0.25) is 0 Å². The predicted molar refractivity (Wildman–Crippen MR) is 106 cm³/mol. The molecule has 0 radical (unpaired) electrons. The third-order valence-electron chi connectivity index (χ3n) is 4.78. The molecule has 1 fully saturated rings. The lowest BCUT2D eigenvalue weighted by Crippen LogP contribution is -2.49. The summed E-state index contributed by atoms with van der Waals surface area (Å²) in [5, 5.41) is 4.25. The van der Waals surface area contributed by atoms with Crippen molar-refractivity contribution >= 4 is 16.7 Å². The number of nitrogens with zero attached hydrogens (tertiary/aromatic N) is 2. The van der Waals surface area contributed by atoms with E-state index in [0.717, 1.165) is 30.7 Å². The number of hydrogen-bond donors (Lipinski definition) is 1. The van der Waals surface area contributed by atoms with Gasteiger partial charge in [-0.2, -0.15) is 0 Å². The SMILES string of the molecule is C=CC1CN(c2ccc3cc(-c4cccc(OC)n4)c(=O)oc3c2)CCN1. The fourth-order valence-electron chi connectivity index (χ4n) is 3.32. The van der Waals surface area contributed by atoms with Gasteiger partial charge in [0, 0.05) is 48.9 Å². The van der Waals surface area contributed by atoms with Crippen molar-refractivity contribution in [2.75, 3.05) is 31.6 Å². The molecule has 3 aromatic rings. The van der Waals surface area contributed by atoms with Crippen molar-refractivity contribution in [2.45, 2.75) is 6.04 Å². The van der Waals surface area contributed by atoms with Crippen molar-refractivity contribution in [1.82, 2.24) is 10.3 Å². The molecule has 1 N–H and O–H groups in total. The lowest BCUT2D eigenvalue weighted by atomic mass is 10.1. The lowest BCUT2D eigenvalue weighted by Gasteiger charge is -2.34. The second-order valence-electron chi connectivity index (χ2n) is 6.48. The van der Waals surface area contributed by atoms with Crippen LogP contribution < -0.4 is 20.6 Å². The van der Waals surface area contributed by atoms with Gasteiger partial charge in [-0.1, -0.05) is 12.1 Å². The first-order valence-corrected chi connectivity index (χ1v) is 8.88. The lowest BCUT2D eigenvalue weighted by molar-refractivity contribution is 0.398. The normalized spacial score (nSPS) is 17.1. The van der Waals surface area contributed by atoms with Gasteiger partial charge in [-0.25, -0.2) is 9.78 Å². The van der Waals surface area contributed by atoms with E-state index in [1.807, 2.05) is 24.3 Å². The van der Waals surface area contributed by atoms with Gasteiger partial charge in [0.15, 0.2) is 0 Å². The summed E-state index contributed by atoms with van der Waals surface area (Å²) in [5.41, 5.74) is 2.14. The van der Waals surface area contributed by atoms with Gasteiger partial charge in [0.2, 0.25) is 5.88 Å². The van der Waals surface area contributed by atoms with Crippen LogP contribution in [0.5, 0.6) is 5.88 Å². The molecule has 1 atom stereocenters. The van der Waals surface area contributed by atoms with Gasteiger partial charge in [0.25, 0.3) is 0 Å². The summed E-state index contributed by atoms with van der Waals surface area (Å²) in [5.74, 6) is 0.456. The average molecular weight is 363 g/mol. The second kappa shape index (κ2) is 7.25. The Morgan fingerprint density at radius 1 is 1.33 bits per heavy atom. The molecule has 3 heterocycles. The van der Waals surface area contributed by atoms with Crippen LogP contribution in [0.15, 0.2) is 64.3 Å². The first-order valence-electron chi connectivity index (χ1n) is 8.88. The van der Waals surface area contributed by atoms with Crippen LogP contribution in [0, 0.1) is 0 Å². The first-order chi connectivity index (χ1) is 13.2. The van der Waals surface area contributed by atoms with Crippen molar-refractivity contribution < 1.29 is 9.15 Å². The van der Waals surface area contributed by atoms with E-state index >= 15 is 0 Å². The largest absolute Gasteiger partial charge is 0.481 e. The van der Waals surface area contributed by atoms with Crippen LogP contribution in [0.3, 0.4) is 0 Å². The Bertz CT molecular complexity index is 1040. The molecule has 0 amide bonds. The van der Waals surface area contributed by atoms with Crippen LogP contribution in [0.25, 0.3) is 22.2 Å². The molecule has 6 nitrogen and oxygen atoms in total. The van der Waals surface area contributed by atoms with Crippen molar-refractivity contribution in [2.24, 2.45) is 0 Å². The fourth-order valence-corrected chi connectivity index (χ4v) is 3.32. The molecule has 1 unspecified atom stereocenters. The quantitative estimate of drug-likeness (QED) is 0.568. The highest BCUT2D eigenvalue weighted by Gasteiger charge is 2.18. The van der Waals surface area contributed by atoms with E-state index in [9.17, 15) is 4.79 Å². The molecule has 1 saturated heterocycles. The molecular weight excluding hydrogens is 342 g/mol. The van der Waals surface area contributed by atoms with Crippen molar-refractivity contribution in [3.05, 3.63) is 65.5 Å². The summed E-state index contributed by atoms with van der Waals surface area (Å²) in [7, 11) is 1.55. The van der Waals surface area contributed by atoms with Gasteiger partial charge >= 0.3 is 5.63 Å². The van der Waals surface area contributed by atoms with E-state index in [0.29, 0.717) is 22.7 Å². The maximum absolute atomic E-state index is 12.5. The molecule has 0 aliphatic carbocycles. The van der Waals surface area contributed by atoms with Gasteiger partial charge in [-0.15, -0.1) is 6.58 Å². The number of piperazine rings is 1. The Kier molecular flexibility index (Phi) is 4.64. The van der Waals surface area contributed by atoms with Gasteiger partial charge < -0.3 is 19.4 Å². The molecule has 1 aromatic carbocycles. The summed E-state index contributed by atoms with van der Waals surface area (Å²) in [4.78, 5) is 19.1. The van der Waals surface area contributed by atoms with Crippen molar-refractivity contribution in [3.63, 3.8) is 0 Å². The number of ether oxygens (including phenoxy) is 1. The molecule has 0 saturated carbocycles. The Morgan fingerprint density at radius 2 is 2.22 bits per heavy atom. The Hall–Kier alpha value is -3.12. The van der Waals surface area contributed by atoms with E-state index in [4.69, 9.17) is 9.15 Å². The summed E-state index contributed by atoms with van der Waals surface area (Å²) in [6.07, 6.45) is 1.92. The second-order valence-corrected chi connectivity index (χ2v) is 6.48. The molecule has 1 aliphatic heterocycles. The Morgan fingerprint density at radius 3 is 3.04 bits per heavy atom. The fraction of sp³-hybridized carbons (Fsp3) is 0.238. The minimum absolute atomic E-state index is 0.253. The number of rotatable bonds is 4. The highest BCUT2D eigenvalue weighted by molar-refractivity contribution is 5.84. The Balaban J connectivity index is 1.72. The van der Waals surface area contributed by atoms with E-state index < -0.39 is 5.63 Å². The topological polar surface area (TPSA) is 67.6 Å². The van der Waals surface area contributed by atoms with Gasteiger partial charge in [-0.05, 0) is 24.3 Å². The summed E-state index contributed by atoms with van der Waals surface area (Å²) < 4.78 is 10.7. The van der Waals surface area contributed by atoms with E-state index in [-0.39, 0.29) is 6.04 Å². The summed E-state index contributed by atoms with van der Waals surface area (Å²) in [6, 6.07) is 13.3. The number of methoxy groups -OCH3 is 1. The van der Waals surface area contributed by atoms with E-state index in [2.05, 4.69) is 27.8 Å². The van der Waals surface area contributed by atoms with E-state index in [1.165, 1.54) is 0 Å². The predicted octanol–water partition coefficient (Wildman–Crippen LogP) is 2.83. The summed E-state index contributed by atoms with van der Waals surface area (Å²) >= 11 is 0. The minimum atomic E-state index is -0.412. The van der Waals surface area contributed by atoms with Crippen LogP contribution in [-0.2, 0) is 0 Å². The van der Waals surface area contributed by atoms with Crippen molar-refractivity contribution in [1.29, 1.82) is 0 Å². The number of pyridine rings is 1. The number of hydrogen-bond acceptors (Lipinski definition) is 6. The third-order valence-corrected chi connectivity index (χ3v) is 4.78. The van der Waals surface area contributed by atoms with Gasteiger partial charge in [0.05, 0.1) is 18.4 Å². The molecule has 6 heteroatoms. The number of benzene rings is 1. The summed E-state index contributed by atoms with van der Waals surface area (Å²) in [6.45, 7) is 6.48. The van der Waals surface area contributed by atoms with Crippen LogP contribution in [0.4, 0.5) is 5.69 Å². The maximum atomic E-state index is 12.5. The smallest absolute Gasteiger partial charge is 0.345 e. The molecule has 0 bridgehead atoms. The zero-order chi connectivity index (χ0) is 18.8. The zero-order valence-corrected chi connectivity index (χ0v) is 15.1. The third kappa shape index (κ3) is 3.44.